The number of pyridine rings is 1. The van der Waals surface area contributed by atoms with E-state index in [1.54, 1.807) is 18.3 Å². The fourth-order valence-corrected chi connectivity index (χ4v) is 1.58. The summed E-state index contributed by atoms with van der Waals surface area (Å²) >= 11 is 3.79. The molecule has 1 aromatic heterocycles. The molecule has 0 aliphatic carbocycles. The van der Waals surface area contributed by atoms with Crippen molar-refractivity contribution in [2.75, 3.05) is 12.5 Å². The van der Waals surface area contributed by atoms with Gasteiger partial charge in [0.2, 0.25) is 6.79 Å². The Labute approximate surface area is 116 Å². The van der Waals surface area contributed by atoms with Crippen LogP contribution in [0.1, 0.15) is 5.56 Å². The summed E-state index contributed by atoms with van der Waals surface area (Å²) in [4.78, 5) is 15.1. The van der Waals surface area contributed by atoms with E-state index in [0.29, 0.717) is 11.3 Å². The van der Waals surface area contributed by atoms with E-state index in [0.717, 1.165) is 10.9 Å². The predicted molar refractivity (Wildman–Crippen MR) is 75.1 cm³/mol. The molecule has 0 N–H and O–H groups in total. The Morgan fingerprint density at radius 3 is 3.00 bits per heavy atom. The number of esters is 1. The quantitative estimate of drug-likeness (QED) is 0.401. The monoisotopic (exact) mass is 273 g/mol. The topological polar surface area (TPSA) is 48.4 Å². The molecule has 2 rings (SSSR count). The Kier molecular flexibility index (Phi) is 4.26. The molecule has 1 heterocycles. The number of fused-ring (bicyclic) bond motifs is 1. The van der Waals surface area contributed by atoms with Gasteiger partial charge in [-0.05, 0) is 24.3 Å². The second-order valence-corrected chi connectivity index (χ2v) is 3.98. The van der Waals surface area contributed by atoms with E-state index < -0.39 is 5.97 Å². The Hall–Kier alpha value is -2.19. The molecule has 4 nitrogen and oxygen atoms in total. The third kappa shape index (κ3) is 3.39. The summed E-state index contributed by atoms with van der Waals surface area (Å²) in [6.07, 6.45) is 6.96. The van der Waals surface area contributed by atoms with Crippen LogP contribution in [0, 0.1) is 12.3 Å². The van der Waals surface area contributed by atoms with Crippen LogP contribution in [-0.4, -0.2) is 23.5 Å². The molecule has 0 saturated carbocycles. The van der Waals surface area contributed by atoms with Gasteiger partial charge in [-0.1, -0.05) is 5.92 Å². The van der Waals surface area contributed by atoms with Crippen molar-refractivity contribution in [3.05, 3.63) is 36.0 Å². The van der Waals surface area contributed by atoms with Gasteiger partial charge >= 0.3 is 5.97 Å². The molecule has 0 fully saturated rings. The highest BCUT2D eigenvalue weighted by Gasteiger charge is 2.02. The molecule has 2 aromatic rings. The molecule has 0 saturated heterocycles. The van der Waals surface area contributed by atoms with Crippen LogP contribution in [0.2, 0.25) is 0 Å². The minimum atomic E-state index is -0.430. The minimum Gasteiger partial charge on any atom is -0.457 e. The number of rotatable bonds is 4. The molecule has 0 bridgehead atoms. The van der Waals surface area contributed by atoms with Gasteiger partial charge < -0.3 is 9.47 Å². The van der Waals surface area contributed by atoms with Crippen LogP contribution in [0.5, 0.6) is 5.75 Å². The molecular formula is C14H11NO3S. The van der Waals surface area contributed by atoms with Crippen molar-refractivity contribution in [1.29, 1.82) is 0 Å². The number of benzene rings is 1. The second kappa shape index (κ2) is 6.12. The number of carbonyl (C=O) groups excluding carboxylic acids is 1. The number of thiol groups is 1. The zero-order chi connectivity index (χ0) is 13.7. The van der Waals surface area contributed by atoms with Gasteiger partial charge in [-0.15, -0.1) is 6.42 Å². The van der Waals surface area contributed by atoms with Gasteiger partial charge in [0.05, 0.1) is 11.3 Å². The zero-order valence-corrected chi connectivity index (χ0v) is 10.9. The SMILES string of the molecule is C#Cc1cnc2ccc(OCOC(=O)CS)cc2c1. The predicted octanol–water partition coefficient (Wildman–Crippen LogP) is 2.03. The lowest BCUT2D eigenvalue weighted by Crippen LogP contribution is -2.11. The van der Waals surface area contributed by atoms with Crippen molar-refractivity contribution >= 4 is 29.5 Å². The van der Waals surface area contributed by atoms with E-state index >= 15 is 0 Å². The minimum absolute atomic E-state index is 0.0243. The zero-order valence-electron chi connectivity index (χ0n) is 10.00. The van der Waals surface area contributed by atoms with Crippen molar-refractivity contribution in [3.63, 3.8) is 0 Å². The Morgan fingerprint density at radius 1 is 1.42 bits per heavy atom. The summed E-state index contributed by atoms with van der Waals surface area (Å²) < 4.78 is 10.1. The maximum Gasteiger partial charge on any atom is 0.318 e. The summed E-state index contributed by atoms with van der Waals surface area (Å²) in [6, 6.07) is 7.19. The van der Waals surface area contributed by atoms with Crippen LogP contribution < -0.4 is 4.74 Å². The van der Waals surface area contributed by atoms with Gasteiger partial charge in [-0.25, -0.2) is 0 Å². The lowest BCUT2D eigenvalue weighted by molar-refractivity contribution is -0.146. The lowest BCUT2D eigenvalue weighted by Gasteiger charge is -2.07. The first-order chi connectivity index (χ1) is 9.22. The standard InChI is InChI=1S/C14H11NO3S/c1-2-10-5-11-6-12(3-4-13(11)15-7-10)17-9-18-14(16)8-19/h1,3-7,19H,8-9H2. The molecule has 0 atom stereocenters. The van der Waals surface area contributed by atoms with Crippen LogP contribution in [0.15, 0.2) is 30.5 Å². The Bertz CT molecular complexity index is 649. The van der Waals surface area contributed by atoms with Gasteiger partial charge in [-0.2, -0.15) is 12.6 Å². The van der Waals surface area contributed by atoms with Crippen molar-refractivity contribution in [2.24, 2.45) is 0 Å². The molecule has 0 radical (unpaired) electrons. The molecule has 5 heteroatoms. The van der Waals surface area contributed by atoms with Gasteiger partial charge in [0.25, 0.3) is 0 Å². The van der Waals surface area contributed by atoms with Crippen LogP contribution in [0.3, 0.4) is 0 Å². The number of terminal acetylenes is 1. The maximum atomic E-state index is 10.9. The second-order valence-electron chi connectivity index (χ2n) is 3.66. The van der Waals surface area contributed by atoms with E-state index in [-0.39, 0.29) is 12.5 Å². The summed E-state index contributed by atoms with van der Waals surface area (Å²) in [6.45, 7) is -0.146. The molecule has 0 spiro atoms. The van der Waals surface area contributed by atoms with E-state index in [1.165, 1.54) is 0 Å². The summed E-state index contributed by atoms with van der Waals surface area (Å²) in [5, 5.41) is 0.869. The fraction of sp³-hybridized carbons (Fsp3) is 0.143. The van der Waals surface area contributed by atoms with Gasteiger partial charge in [0.1, 0.15) is 5.75 Å². The van der Waals surface area contributed by atoms with Crippen LogP contribution in [0.25, 0.3) is 10.9 Å². The van der Waals surface area contributed by atoms with Gasteiger partial charge in [0, 0.05) is 17.1 Å². The van der Waals surface area contributed by atoms with Crippen LogP contribution in [-0.2, 0) is 9.53 Å². The van der Waals surface area contributed by atoms with Crippen LogP contribution in [0.4, 0.5) is 0 Å². The highest BCUT2D eigenvalue weighted by Crippen LogP contribution is 2.20. The normalized spacial score (nSPS) is 9.89. The Morgan fingerprint density at radius 2 is 2.26 bits per heavy atom. The lowest BCUT2D eigenvalue weighted by atomic mass is 10.1. The number of ether oxygens (including phenoxy) is 2. The summed E-state index contributed by atoms with van der Waals surface area (Å²) in [5.41, 5.74) is 1.52. The molecule has 96 valence electrons. The molecule has 19 heavy (non-hydrogen) atoms. The number of nitrogens with zero attached hydrogens (tertiary/aromatic N) is 1. The number of carbonyl (C=O) groups is 1. The van der Waals surface area contributed by atoms with E-state index in [1.807, 2.05) is 12.1 Å². The highest BCUT2D eigenvalue weighted by molar-refractivity contribution is 7.81. The smallest absolute Gasteiger partial charge is 0.318 e. The molecule has 0 aliphatic rings. The average molecular weight is 273 g/mol. The largest absolute Gasteiger partial charge is 0.457 e. The number of aromatic nitrogens is 1. The third-order valence-electron chi connectivity index (χ3n) is 2.39. The van der Waals surface area contributed by atoms with Gasteiger partial charge in [0.15, 0.2) is 0 Å². The molecular weight excluding hydrogens is 262 g/mol. The van der Waals surface area contributed by atoms with E-state index in [9.17, 15) is 4.79 Å². The fourth-order valence-electron chi connectivity index (χ4n) is 1.49. The summed E-state index contributed by atoms with van der Waals surface area (Å²) in [5.74, 6) is 2.70. The van der Waals surface area contributed by atoms with Crippen molar-refractivity contribution in [1.82, 2.24) is 4.98 Å². The molecule has 1 aromatic carbocycles. The van der Waals surface area contributed by atoms with Crippen molar-refractivity contribution in [3.8, 4) is 18.1 Å². The van der Waals surface area contributed by atoms with Crippen molar-refractivity contribution in [2.45, 2.75) is 0 Å². The molecule has 0 aliphatic heterocycles. The van der Waals surface area contributed by atoms with E-state index in [2.05, 4.69) is 23.5 Å². The first kappa shape index (κ1) is 13.2. The maximum absolute atomic E-state index is 10.9. The highest BCUT2D eigenvalue weighted by atomic mass is 32.1. The number of hydrogen-bond acceptors (Lipinski definition) is 5. The molecule has 0 amide bonds. The third-order valence-corrected chi connectivity index (χ3v) is 2.65. The van der Waals surface area contributed by atoms with Gasteiger partial charge in [-0.3, -0.25) is 9.78 Å². The van der Waals surface area contributed by atoms with E-state index in [4.69, 9.17) is 15.9 Å². The Balaban J connectivity index is 2.12. The summed E-state index contributed by atoms with van der Waals surface area (Å²) in [7, 11) is 0. The number of hydrogen-bond donors (Lipinski definition) is 1. The average Bonchev–Trinajstić information content (AvgIpc) is 2.46. The first-order valence-electron chi connectivity index (χ1n) is 5.48. The first-order valence-corrected chi connectivity index (χ1v) is 6.12. The van der Waals surface area contributed by atoms with Crippen LogP contribution >= 0.6 is 12.6 Å². The van der Waals surface area contributed by atoms with Crippen molar-refractivity contribution < 1.29 is 14.3 Å². The molecule has 0 unspecified atom stereocenters.